The molecule has 1 unspecified atom stereocenters. The first-order valence-electron chi connectivity index (χ1n) is 10.6. The summed E-state index contributed by atoms with van der Waals surface area (Å²) in [5.41, 5.74) is 5.60. The molecule has 150 valence electrons. The molecule has 0 aliphatic carbocycles. The van der Waals surface area contributed by atoms with Gasteiger partial charge < -0.3 is 4.74 Å². The summed E-state index contributed by atoms with van der Waals surface area (Å²) in [5, 5.41) is 6.11. The lowest BCUT2D eigenvalue weighted by molar-refractivity contribution is -0.0367. The fraction of sp³-hybridized carbons (Fsp3) is 0.231. The zero-order valence-corrected chi connectivity index (χ0v) is 16.9. The van der Waals surface area contributed by atoms with E-state index in [0.29, 0.717) is 0 Å². The van der Waals surface area contributed by atoms with Crippen molar-refractivity contribution in [2.75, 3.05) is 6.61 Å². The molecule has 2 aromatic carbocycles. The SMILES string of the molecule is C(=C\c1nn(C2CCCCO2)c2ccc(Cc3ccccc3)cc12)/c1ccccn1. The molecule has 30 heavy (non-hydrogen) atoms. The maximum Gasteiger partial charge on any atom is 0.150 e. The molecule has 4 aromatic rings. The van der Waals surface area contributed by atoms with E-state index in [1.54, 1.807) is 0 Å². The Morgan fingerprint density at radius 2 is 1.83 bits per heavy atom. The standard InChI is InChI=1S/C26H25N3O/c1-2-8-20(9-3-1)18-21-12-15-25-23(19-21)24(14-13-22-10-4-6-16-27-22)28-29(25)26-11-5-7-17-30-26/h1-4,6,8-10,12-16,19,26H,5,7,11,17-18H2/b14-13+. The smallest absolute Gasteiger partial charge is 0.150 e. The van der Waals surface area contributed by atoms with Gasteiger partial charge in [-0.2, -0.15) is 5.10 Å². The molecule has 2 aromatic heterocycles. The summed E-state index contributed by atoms with van der Waals surface area (Å²) in [6, 6.07) is 23.2. The monoisotopic (exact) mass is 395 g/mol. The van der Waals surface area contributed by atoms with Gasteiger partial charge in [0.15, 0.2) is 6.23 Å². The second-order valence-electron chi connectivity index (χ2n) is 7.75. The van der Waals surface area contributed by atoms with Gasteiger partial charge in [-0.1, -0.05) is 42.5 Å². The first-order chi connectivity index (χ1) is 14.9. The first kappa shape index (κ1) is 18.8. The third-order valence-electron chi connectivity index (χ3n) is 5.58. The number of hydrogen-bond acceptors (Lipinski definition) is 3. The Balaban J connectivity index is 1.55. The van der Waals surface area contributed by atoms with Crippen LogP contribution in [0, 0.1) is 0 Å². The van der Waals surface area contributed by atoms with Gasteiger partial charge in [0.05, 0.1) is 16.9 Å². The number of hydrogen-bond donors (Lipinski definition) is 0. The molecule has 1 aliphatic rings. The van der Waals surface area contributed by atoms with E-state index < -0.39 is 0 Å². The Bertz CT molecular complexity index is 1140. The van der Waals surface area contributed by atoms with Crippen LogP contribution in [0.25, 0.3) is 23.1 Å². The molecule has 1 fully saturated rings. The van der Waals surface area contributed by atoms with Gasteiger partial charge in [-0.25, -0.2) is 4.68 Å². The number of ether oxygens (including phenoxy) is 1. The molecule has 5 rings (SSSR count). The van der Waals surface area contributed by atoms with Gasteiger partial charge in [0.25, 0.3) is 0 Å². The summed E-state index contributed by atoms with van der Waals surface area (Å²) in [6.45, 7) is 0.803. The van der Waals surface area contributed by atoms with E-state index in [4.69, 9.17) is 9.84 Å². The summed E-state index contributed by atoms with van der Waals surface area (Å²) >= 11 is 0. The van der Waals surface area contributed by atoms with Crippen molar-refractivity contribution in [3.8, 4) is 0 Å². The minimum Gasteiger partial charge on any atom is -0.356 e. The molecule has 0 bridgehead atoms. The summed E-state index contributed by atoms with van der Waals surface area (Å²) < 4.78 is 8.11. The molecular weight excluding hydrogens is 370 g/mol. The van der Waals surface area contributed by atoms with Gasteiger partial charge in [0, 0.05) is 18.2 Å². The Morgan fingerprint density at radius 3 is 2.63 bits per heavy atom. The molecule has 0 spiro atoms. The van der Waals surface area contributed by atoms with E-state index in [-0.39, 0.29) is 6.23 Å². The van der Waals surface area contributed by atoms with Crippen LogP contribution in [-0.4, -0.2) is 21.4 Å². The quantitative estimate of drug-likeness (QED) is 0.423. The average Bonchev–Trinajstić information content (AvgIpc) is 3.17. The number of fused-ring (bicyclic) bond motifs is 1. The summed E-state index contributed by atoms with van der Waals surface area (Å²) in [5.74, 6) is 0. The van der Waals surface area contributed by atoms with Crippen LogP contribution in [0.5, 0.6) is 0 Å². The summed E-state index contributed by atoms with van der Waals surface area (Å²) in [7, 11) is 0. The third-order valence-corrected chi connectivity index (χ3v) is 5.58. The van der Waals surface area contributed by atoms with Crippen LogP contribution in [0.1, 0.15) is 48.0 Å². The van der Waals surface area contributed by atoms with Crippen molar-refractivity contribution in [2.45, 2.75) is 31.9 Å². The van der Waals surface area contributed by atoms with Crippen molar-refractivity contribution in [3.63, 3.8) is 0 Å². The highest BCUT2D eigenvalue weighted by Crippen LogP contribution is 2.30. The Hall–Kier alpha value is -3.24. The van der Waals surface area contributed by atoms with Gasteiger partial charge >= 0.3 is 0 Å². The number of rotatable bonds is 5. The van der Waals surface area contributed by atoms with Crippen molar-refractivity contribution < 1.29 is 4.74 Å². The number of nitrogens with zero attached hydrogens (tertiary/aromatic N) is 3. The van der Waals surface area contributed by atoms with E-state index in [0.717, 1.165) is 48.2 Å². The van der Waals surface area contributed by atoms with Crippen molar-refractivity contribution in [1.29, 1.82) is 0 Å². The van der Waals surface area contributed by atoms with Crippen LogP contribution in [-0.2, 0) is 11.2 Å². The molecule has 0 amide bonds. The zero-order valence-electron chi connectivity index (χ0n) is 16.9. The van der Waals surface area contributed by atoms with Crippen LogP contribution in [0.2, 0.25) is 0 Å². The predicted octanol–water partition coefficient (Wildman–Crippen LogP) is 5.89. The summed E-state index contributed by atoms with van der Waals surface area (Å²) in [6.07, 6.45) is 10.1. The third kappa shape index (κ3) is 4.05. The fourth-order valence-corrected chi connectivity index (χ4v) is 4.05. The lowest BCUT2D eigenvalue weighted by Gasteiger charge is -2.23. The topological polar surface area (TPSA) is 39.9 Å². The van der Waals surface area contributed by atoms with Crippen molar-refractivity contribution in [3.05, 3.63) is 95.4 Å². The lowest BCUT2D eigenvalue weighted by atomic mass is 10.0. The highest BCUT2D eigenvalue weighted by atomic mass is 16.5. The largest absolute Gasteiger partial charge is 0.356 e. The van der Waals surface area contributed by atoms with Crippen molar-refractivity contribution in [1.82, 2.24) is 14.8 Å². The molecule has 0 radical (unpaired) electrons. The van der Waals surface area contributed by atoms with E-state index in [1.165, 1.54) is 17.5 Å². The second kappa shape index (κ2) is 8.64. The Labute approximate surface area is 176 Å². The zero-order chi connectivity index (χ0) is 20.2. The van der Waals surface area contributed by atoms with Gasteiger partial charge in [-0.05, 0) is 73.2 Å². The fourth-order valence-electron chi connectivity index (χ4n) is 4.05. The highest BCUT2D eigenvalue weighted by molar-refractivity contribution is 5.90. The molecule has 3 heterocycles. The van der Waals surface area contributed by atoms with E-state index >= 15 is 0 Å². The number of aromatic nitrogens is 3. The molecule has 4 nitrogen and oxygen atoms in total. The van der Waals surface area contributed by atoms with Crippen molar-refractivity contribution >= 4 is 23.1 Å². The minimum atomic E-state index is 0.0122. The minimum absolute atomic E-state index is 0.0122. The van der Waals surface area contributed by atoms with Gasteiger partial charge in [0.2, 0.25) is 0 Å². The molecule has 4 heteroatoms. The van der Waals surface area contributed by atoms with Crippen LogP contribution in [0.3, 0.4) is 0 Å². The Morgan fingerprint density at radius 1 is 0.933 bits per heavy atom. The van der Waals surface area contributed by atoms with Gasteiger partial charge in [0.1, 0.15) is 0 Å². The first-order valence-corrected chi connectivity index (χ1v) is 10.6. The van der Waals surface area contributed by atoms with Crippen LogP contribution in [0.15, 0.2) is 72.9 Å². The van der Waals surface area contributed by atoms with E-state index in [2.05, 4.69) is 64.3 Å². The normalized spacial score (nSPS) is 17.0. The summed E-state index contributed by atoms with van der Waals surface area (Å²) in [4.78, 5) is 4.40. The maximum atomic E-state index is 6.04. The lowest BCUT2D eigenvalue weighted by Crippen LogP contribution is -2.19. The van der Waals surface area contributed by atoms with Gasteiger partial charge in [-0.3, -0.25) is 4.98 Å². The highest BCUT2D eigenvalue weighted by Gasteiger charge is 2.20. The van der Waals surface area contributed by atoms with Crippen molar-refractivity contribution in [2.24, 2.45) is 0 Å². The second-order valence-corrected chi connectivity index (χ2v) is 7.75. The van der Waals surface area contributed by atoms with E-state index in [9.17, 15) is 0 Å². The average molecular weight is 396 g/mol. The molecule has 1 aliphatic heterocycles. The predicted molar refractivity (Wildman–Crippen MR) is 121 cm³/mol. The molecule has 1 saturated heterocycles. The molecular formula is C26H25N3O. The van der Waals surface area contributed by atoms with Gasteiger partial charge in [-0.15, -0.1) is 0 Å². The molecule has 0 saturated carbocycles. The number of pyridine rings is 1. The Kier molecular flexibility index (Phi) is 5.40. The molecule has 1 atom stereocenters. The maximum absolute atomic E-state index is 6.04. The van der Waals surface area contributed by atoms with Crippen LogP contribution >= 0.6 is 0 Å². The van der Waals surface area contributed by atoms with E-state index in [1.807, 2.05) is 30.5 Å². The number of benzene rings is 2. The van der Waals surface area contributed by atoms with Crippen LogP contribution < -0.4 is 0 Å². The van der Waals surface area contributed by atoms with Crippen LogP contribution in [0.4, 0.5) is 0 Å². The molecule has 0 N–H and O–H groups in total.